The Morgan fingerprint density at radius 2 is 1.84 bits per heavy atom. The second-order valence-corrected chi connectivity index (χ2v) is 7.10. The van der Waals surface area contributed by atoms with Crippen molar-refractivity contribution in [2.24, 2.45) is 16.7 Å². The summed E-state index contributed by atoms with van der Waals surface area (Å²) in [6.07, 6.45) is 3.54. The van der Waals surface area contributed by atoms with Gasteiger partial charge in [0.05, 0.1) is 19.3 Å². The summed E-state index contributed by atoms with van der Waals surface area (Å²) in [4.78, 5) is 0. The second kappa shape index (κ2) is 4.55. The molecular formula is C15H26O4. The lowest BCUT2D eigenvalue weighted by atomic mass is 9.46. The number of hydrogen-bond donors (Lipinski definition) is 4. The van der Waals surface area contributed by atoms with Crippen molar-refractivity contribution in [2.45, 2.75) is 51.7 Å². The fourth-order valence-corrected chi connectivity index (χ4v) is 4.66. The van der Waals surface area contributed by atoms with Crippen LogP contribution in [-0.2, 0) is 0 Å². The maximum absolute atomic E-state index is 11.0. The van der Waals surface area contributed by atoms with Gasteiger partial charge < -0.3 is 20.4 Å². The highest BCUT2D eigenvalue weighted by molar-refractivity contribution is 5.31. The highest BCUT2D eigenvalue weighted by Gasteiger charge is 2.62. The molecule has 4 N–H and O–H groups in total. The Morgan fingerprint density at radius 3 is 2.37 bits per heavy atom. The van der Waals surface area contributed by atoms with Crippen LogP contribution in [0.15, 0.2) is 11.6 Å². The van der Waals surface area contributed by atoms with Gasteiger partial charge in [0.1, 0.15) is 5.60 Å². The SMILES string of the molecule is CC1(C)CCC[C@]2(C)[C@H]1[C@H](O)C=C(CO)[C@]2(O)CO. The molecule has 4 nitrogen and oxygen atoms in total. The quantitative estimate of drug-likeness (QED) is 0.560. The minimum Gasteiger partial charge on any atom is -0.393 e. The molecule has 0 bridgehead atoms. The van der Waals surface area contributed by atoms with Crippen LogP contribution in [0.5, 0.6) is 0 Å². The van der Waals surface area contributed by atoms with E-state index in [9.17, 15) is 20.4 Å². The molecule has 0 unspecified atom stereocenters. The molecule has 2 aliphatic carbocycles. The van der Waals surface area contributed by atoms with E-state index >= 15 is 0 Å². The first-order valence-electron chi connectivity index (χ1n) is 7.06. The summed E-state index contributed by atoms with van der Waals surface area (Å²) in [6, 6.07) is 0. The van der Waals surface area contributed by atoms with Gasteiger partial charge >= 0.3 is 0 Å². The van der Waals surface area contributed by atoms with E-state index in [-0.39, 0.29) is 17.9 Å². The van der Waals surface area contributed by atoms with Crippen molar-refractivity contribution in [2.75, 3.05) is 13.2 Å². The fourth-order valence-electron chi connectivity index (χ4n) is 4.66. The molecule has 4 heteroatoms. The lowest BCUT2D eigenvalue weighted by molar-refractivity contribution is -0.188. The van der Waals surface area contributed by atoms with Crippen LogP contribution >= 0.6 is 0 Å². The number of aliphatic hydroxyl groups is 4. The summed E-state index contributed by atoms with van der Waals surface area (Å²) in [5.41, 5.74) is -1.81. The molecule has 0 saturated heterocycles. The molecule has 1 saturated carbocycles. The smallest absolute Gasteiger partial charge is 0.117 e. The maximum Gasteiger partial charge on any atom is 0.117 e. The van der Waals surface area contributed by atoms with Crippen LogP contribution in [0.2, 0.25) is 0 Å². The van der Waals surface area contributed by atoms with E-state index in [0.29, 0.717) is 5.57 Å². The van der Waals surface area contributed by atoms with Gasteiger partial charge in [-0.1, -0.05) is 33.3 Å². The van der Waals surface area contributed by atoms with Crippen LogP contribution in [-0.4, -0.2) is 45.3 Å². The summed E-state index contributed by atoms with van der Waals surface area (Å²) >= 11 is 0. The van der Waals surface area contributed by atoms with Gasteiger partial charge in [0, 0.05) is 11.3 Å². The van der Waals surface area contributed by atoms with Crippen molar-refractivity contribution in [1.82, 2.24) is 0 Å². The minimum atomic E-state index is -1.44. The monoisotopic (exact) mass is 270 g/mol. The second-order valence-electron chi connectivity index (χ2n) is 7.10. The Labute approximate surface area is 114 Å². The molecule has 0 aromatic rings. The number of aliphatic hydroxyl groups excluding tert-OH is 3. The van der Waals surface area contributed by atoms with Crippen LogP contribution < -0.4 is 0 Å². The molecule has 0 amide bonds. The fraction of sp³-hybridized carbons (Fsp3) is 0.867. The average Bonchev–Trinajstić information content (AvgIpc) is 2.32. The summed E-state index contributed by atoms with van der Waals surface area (Å²) in [6.45, 7) is 5.38. The van der Waals surface area contributed by atoms with E-state index in [0.717, 1.165) is 19.3 Å². The van der Waals surface area contributed by atoms with Gasteiger partial charge in [-0.25, -0.2) is 0 Å². The van der Waals surface area contributed by atoms with E-state index in [2.05, 4.69) is 13.8 Å². The predicted molar refractivity (Wildman–Crippen MR) is 72.4 cm³/mol. The molecule has 4 atom stereocenters. The van der Waals surface area contributed by atoms with Crippen LogP contribution in [0, 0.1) is 16.7 Å². The highest BCUT2D eigenvalue weighted by atomic mass is 16.3. The average molecular weight is 270 g/mol. The third-order valence-electron chi connectivity index (χ3n) is 5.63. The van der Waals surface area contributed by atoms with Crippen molar-refractivity contribution >= 4 is 0 Å². The maximum atomic E-state index is 11.0. The van der Waals surface area contributed by atoms with Gasteiger partial charge in [0.15, 0.2) is 0 Å². The highest BCUT2D eigenvalue weighted by Crippen LogP contribution is 2.60. The molecule has 0 radical (unpaired) electrons. The molecule has 0 aromatic heterocycles. The standard InChI is InChI=1S/C15H26O4/c1-13(2)5-4-6-14(3)12(13)11(18)7-10(8-16)15(14,19)9-17/h7,11-12,16-19H,4-6,8-9H2,1-3H3/t11-,12+,14-,15-/m1/s1. The molecule has 19 heavy (non-hydrogen) atoms. The summed E-state index contributed by atoms with van der Waals surface area (Å²) in [5.74, 6) is -0.124. The van der Waals surface area contributed by atoms with E-state index < -0.39 is 23.7 Å². The van der Waals surface area contributed by atoms with Crippen LogP contribution in [0.1, 0.15) is 40.0 Å². The van der Waals surface area contributed by atoms with Crippen LogP contribution in [0.25, 0.3) is 0 Å². The lowest BCUT2D eigenvalue weighted by Crippen LogP contribution is -2.64. The first-order valence-corrected chi connectivity index (χ1v) is 7.06. The van der Waals surface area contributed by atoms with Gasteiger partial charge in [0.2, 0.25) is 0 Å². The number of hydrogen-bond acceptors (Lipinski definition) is 4. The Morgan fingerprint density at radius 1 is 1.21 bits per heavy atom. The molecule has 0 aliphatic heterocycles. The summed E-state index contributed by atoms with van der Waals surface area (Å²) in [5, 5.41) is 40.6. The van der Waals surface area contributed by atoms with E-state index in [4.69, 9.17) is 0 Å². The number of fused-ring (bicyclic) bond motifs is 1. The Hall–Kier alpha value is -0.420. The van der Waals surface area contributed by atoms with Crippen molar-refractivity contribution in [1.29, 1.82) is 0 Å². The Bertz CT molecular complexity index is 390. The zero-order valence-corrected chi connectivity index (χ0v) is 12.1. The summed E-state index contributed by atoms with van der Waals surface area (Å²) in [7, 11) is 0. The minimum absolute atomic E-state index is 0.104. The topological polar surface area (TPSA) is 80.9 Å². The predicted octanol–water partition coefficient (Wildman–Crippen LogP) is 0.836. The van der Waals surface area contributed by atoms with Crippen molar-refractivity contribution in [3.63, 3.8) is 0 Å². The van der Waals surface area contributed by atoms with Gasteiger partial charge in [-0.05, 0) is 23.8 Å². The largest absolute Gasteiger partial charge is 0.393 e. The van der Waals surface area contributed by atoms with Crippen molar-refractivity contribution < 1.29 is 20.4 Å². The van der Waals surface area contributed by atoms with Gasteiger partial charge in [0.25, 0.3) is 0 Å². The molecule has 1 fully saturated rings. The Kier molecular flexibility index (Phi) is 3.59. The van der Waals surface area contributed by atoms with Crippen molar-refractivity contribution in [3.05, 3.63) is 11.6 Å². The molecule has 0 aromatic carbocycles. The van der Waals surface area contributed by atoms with Gasteiger partial charge in [-0.2, -0.15) is 0 Å². The van der Waals surface area contributed by atoms with E-state index in [1.54, 1.807) is 0 Å². The van der Waals surface area contributed by atoms with E-state index in [1.807, 2.05) is 6.92 Å². The first kappa shape index (κ1) is 15.0. The van der Waals surface area contributed by atoms with Crippen molar-refractivity contribution in [3.8, 4) is 0 Å². The normalized spacial score (nSPS) is 45.5. The number of rotatable bonds is 2. The molecule has 2 aliphatic rings. The molecule has 2 rings (SSSR count). The first-order chi connectivity index (χ1) is 8.73. The zero-order valence-electron chi connectivity index (χ0n) is 12.1. The summed E-state index contributed by atoms with van der Waals surface area (Å²) < 4.78 is 0. The van der Waals surface area contributed by atoms with Crippen LogP contribution in [0.3, 0.4) is 0 Å². The van der Waals surface area contributed by atoms with Gasteiger partial charge in [-0.3, -0.25) is 0 Å². The molecule has 0 heterocycles. The molecule has 0 spiro atoms. The third-order valence-corrected chi connectivity index (χ3v) is 5.63. The molecule has 110 valence electrons. The Balaban J connectivity index is 2.59. The lowest BCUT2D eigenvalue weighted by Gasteiger charge is -2.61. The van der Waals surface area contributed by atoms with E-state index in [1.165, 1.54) is 6.08 Å². The third kappa shape index (κ3) is 1.88. The van der Waals surface area contributed by atoms with Gasteiger partial charge in [-0.15, -0.1) is 0 Å². The zero-order chi connectivity index (χ0) is 14.5. The molecular weight excluding hydrogens is 244 g/mol. The van der Waals surface area contributed by atoms with Crippen LogP contribution in [0.4, 0.5) is 0 Å².